The minimum absolute atomic E-state index is 0.243. The average molecular weight is 461 g/mol. The smallest absolute Gasteiger partial charge is 0.416 e. The van der Waals surface area contributed by atoms with Gasteiger partial charge in [0.1, 0.15) is 12.4 Å². The summed E-state index contributed by atoms with van der Waals surface area (Å²) in [6.45, 7) is 4.01. The van der Waals surface area contributed by atoms with Gasteiger partial charge in [0.05, 0.1) is 22.6 Å². The molecular weight excluding hydrogens is 443 g/mol. The van der Waals surface area contributed by atoms with E-state index >= 15 is 0 Å². The number of hydrogen-bond donors (Lipinski definition) is 1. The van der Waals surface area contributed by atoms with Crippen LogP contribution in [-0.4, -0.2) is 35.6 Å². The molecule has 0 amide bonds. The SMILES string of the molecule is Cc1cc(SCc2nn(-c3ccc(C(F)(F)F)cc3)nc2C)ccc1OCc1nnn[nH]1. The zero-order valence-corrected chi connectivity index (χ0v) is 17.9. The molecular formula is C20H18F3N7OS. The predicted molar refractivity (Wildman–Crippen MR) is 110 cm³/mol. The predicted octanol–water partition coefficient (Wildman–Crippen LogP) is 4.29. The number of nitrogens with one attached hydrogen (secondary N) is 1. The van der Waals surface area contributed by atoms with Crippen molar-refractivity contribution in [2.75, 3.05) is 0 Å². The number of alkyl halides is 3. The van der Waals surface area contributed by atoms with Crippen LogP contribution in [0.5, 0.6) is 5.75 Å². The summed E-state index contributed by atoms with van der Waals surface area (Å²) in [5.74, 6) is 1.83. The lowest BCUT2D eigenvalue weighted by molar-refractivity contribution is -0.137. The van der Waals surface area contributed by atoms with Crippen molar-refractivity contribution in [1.29, 1.82) is 0 Å². The van der Waals surface area contributed by atoms with Crippen molar-refractivity contribution in [2.24, 2.45) is 0 Å². The fourth-order valence-corrected chi connectivity index (χ4v) is 3.85. The summed E-state index contributed by atoms with van der Waals surface area (Å²) in [4.78, 5) is 2.38. The van der Waals surface area contributed by atoms with Crippen LogP contribution >= 0.6 is 11.8 Å². The van der Waals surface area contributed by atoms with Gasteiger partial charge < -0.3 is 4.74 Å². The molecule has 0 aliphatic rings. The van der Waals surface area contributed by atoms with Crippen molar-refractivity contribution < 1.29 is 17.9 Å². The number of H-pyrrole nitrogens is 1. The Bertz CT molecular complexity index is 1190. The molecule has 0 saturated heterocycles. The Morgan fingerprint density at radius 3 is 2.50 bits per heavy atom. The number of tetrazole rings is 1. The second-order valence-corrected chi connectivity index (χ2v) is 7.97. The molecule has 0 aliphatic carbocycles. The Balaban J connectivity index is 1.40. The minimum atomic E-state index is -4.38. The molecule has 0 atom stereocenters. The van der Waals surface area contributed by atoms with Crippen LogP contribution in [0.3, 0.4) is 0 Å². The molecule has 166 valence electrons. The number of ether oxygens (including phenoxy) is 1. The standard InChI is InChI=1S/C20H18F3N7OS/c1-12-9-16(7-8-18(12)31-10-19-24-28-29-25-19)32-11-17-13(2)26-30(27-17)15-5-3-14(4-6-15)20(21,22)23/h3-9H,10-11H2,1-2H3,(H,24,25,28,29). The van der Waals surface area contributed by atoms with E-state index in [2.05, 4.69) is 30.8 Å². The van der Waals surface area contributed by atoms with E-state index in [9.17, 15) is 13.2 Å². The van der Waals surface area contributed by atoms with Gasteiger partial charge in [-0.3, -0.25) is 0 Å². The van der Waals surface area contributed by atoms with Crippen LogP contribution in [0, 0.1) is 13.8 Å². The molecule has 4 rings (SSSR count). The third-order valence-corrected chi connectivity index (χ3v) is 5.58. The topological polar surface area (TPSA) is 94.4 Å². The van der Waals surface area contributed by atoms with Gasteiger partial charge in [-0.05, 0) is 72.3 Å². The van der Waals surface area contributed by atoms with Crippen molar-refractivity contribution in [1.82, 2.24) is 35.6 Å². The van der Waals surface area contributed by atoms with E-state index in [1.807, 2.05) is 32.0 Å². The van der Waals surface area contributed by atoms with Crippen molar-refractivity contribution in [3.05, 3.63) is 70.8 Å². The highest BCUT2D eigenvalue weighted by Crippen LogP contribution is 2.30. The van der Waals surface area contributed by atoms with Crippen LogP contribution in [0.2, 0.25) is 0 Å². The third-order valence-electron chi connectivity index (χ3n) is 4.58. The first-order chi connectivity index (χ1) is 15.3. The number of hydrogen-bond acceptors (Lipinski definition) is 7. The van der Waals surface area contributed by atoms with Crippen LogP contribution in [0.4, 0.5) is 13.2 Å². The number of aromatic nitrogens is 7. The van der Waals surface area contributed by atoms with Crippen LogP contribution in [0.1, 0.15) is 28.3 Å². The Kier molecular flexibility index (Phi) is 6.12. The zero-order chi connectivity index (χ0) is 22.7. The fourth-order valence-electron chi connectivity index (χ4n) is 2.85. The van der Waals surface area contributed by atoms with E-state index in [1.54, 1.807) is 11.8 Å². The van der Waals surface area contributed by atoms with Crippen LogP contribution in [0.15, 0.2) is 47.4 Å². The third kappa shape index (κ3) is 5.07. The number of halogens is 3. The quantitative estimate of drug-likeness (QED) is 0.410. The summed E-state index contributed by atoms with van der Waals surface area (Å²) in [7, 11) is 0. The van der Waals surface area contributed by atoms with Gasteiger partial charge in [-0.25, -0.2) is 5.10 Å². The lowest BCUT2D eigenvalue weighted by Crippen LogP contribution is -2.06. The highest BCUT2D eigenvalue weighted by Gasteiger charge is 2.30. The van der Waals surface area contributed by atoms with E-state index in [0.29, 0.717) is 17.3 Å². The number of aromatic amines is 1. The molecule has 32 heavy (non-hydrogen) atoms. The van der Waals surface area contributed by atoms with Gasteiger partial charge in [0.2, 0.25) is 0 Å². The van der Waals surface area contributed by atoms with E-state index < -0.39 is 11.7 Å². The molecule has 0 saturated carbocycles. The van der Waals surface area contributed by atoms with Crippen molar-refractivity contribution in [3.63, 3.8) is 0 Å². The van der Waals surface area contributed by atoms with Crippen LogP contribution < -0.4 is 4.74 Å². The highest BCUT2D eigenvalue weighted by molar-refractivity contribution is 7.98. The lowest BCUT2D eigenvalue weighted by atomic mass is 10.2. The Morgan fingerprint density at radius 1 is 1.06 bits per heavy atom. The summed E-state index contributed by atoms with van der Waals surface area (Å²) in [6.07, 6.45) is -4.38. The molecule has 0 aliphatic heterocycles. The lowest BCUT2D eigenvalue weighted by Gasteiger charge is -2.09. The molecule has 4 aromatic rings. The molecule has 12 heteroatoms. The molecule has 1 N–H and O–H groups in total. The van der Waals surface area contributed by atoms with E-state index in [-0.39, 0.29) is 6.61 Å². The number of thioether (sulfide) groups is 1. The average Bonchev–Trinajstić information content (AvgIpc) is 3.41. The van der Waals surface area contributed by atoms with E-state index in [1.165, 1.54) is 16.9 Å². The molecule has 0 bridgehead atoms. The molecule has 8 nitrogen and oxygen atoms in total. The van der Waals surface area contributed by atoms with Crippen LogP contribution in [0.25, 0.3) is 5.69 Å². The Morgan fingerprint density at radius 2 is 1.84 bits per heavy atom. The number of rotatable bonds is 7. The Labute approximate surface area is 185 Å². The summed E-state index contributed by atoms with van der Waals surface area (Å²) < 4.78 is 44.0. The molecule has 0 radical (unpaired) electrons. The molecule has 0 spiro atoms. The number of nitrogens with zero attached hydrogens (tertiary/aromatic N) is 6. The molecule has 2 aromatic carbocycles. The van der Waals surface area contributed by atoms with Crippen molar-refractivity contribution in [2.45, 2.75) is 37.3 Å². The normalized spacial score (nSPS) is 11.7. The zero-order valence-electron chi connectivity index (χ0n) is 17.1. The Hall–Kier alpha value is -3.41. The first-order valence-corrected chi connectivity index (χ1v) is 10.5. The van der Waals surface area contributed by atoms with Gasteiger partial charge in [-0.2, -0.15) is 28.2 Å². The highest BCUT2D eigenvalue weighted by atomic mass is 32.2. The van der Waals surface area contributed by atoms with E-state index in [0.717, 1.165) is 39.7 Å². The first-order valence-electron chi connectivity index (χ1n) is 9.49. The second-order valence-electron chi connectivity index (χ2n) is 6.92. The summed E-state index contributed by atoms with van der Waals surface area (Å²) in [6, 6.07) is 10.6. The summed E-state index contributed by atoms with van der Waals surface area (Å²) in [5, 5.41) is 22.2. The van der Waals surface area contributed by atoms with Gasteiger partial charge in [0.25, 0.3) is 0 Å². The minimum Gasteiger partial charge on any atom is -0.485 e. The second kappa shape index (κ2) is 8.99. The van der Waals surface area contributed by atoms with Gasteiger partial charge in [-0.15, -0.1) is 16.9 Å². The largest absolute Gasteiger partial charge is 0.485 e. The fraction of sp³-hybridized carbons (Fsp3) is 0.250. The molecule has 2 aromatic heterocycles. The molecule has 0 fully saturated rings. The van der Waals surface area contributed by atoms with Gasteiger partial charge >= 0.3 is 6.18 Å². The molecule has 2 heterocycles. The maximum Gasteiger partial charge on any atom is 0.416 e. The maximum atomic E-state index is 12.8. The van der Waals surface area contributed by atoms with Gasteiger partial charge in [-0.1, -0.05) is 0 Å². The molecule has 0 unspecified atom stereocenters. The monoisotopic (exact) mass is 461 g/mol. The van der Waals surface area contributed by atoms with Crippen molar-refractivity contribution in [3.8, 4) is 11.4 Å². The summed E-state index contributed by atoms with van der Waals surface area (Å²) >= 11 is 1.58. The summed E-state index contributed by atoms with van der Waals surface area (Å²) in [5.41, 5.74) is 2.20. The number of aryl methyl sites for hydroxylation is 2. The van der Waals surface area contributed by atoms with Gasteiger partial charge in [0, 0.05) is 10.6 Å². The first kappa shape index (κ1) is 21.8. The van der Waals surface area contributed by atoms with E-state index in [4.69, 9.17) is 4.74 Å². The van der Waals surface area contributed by atoms with Gasteiger partial charge in [0.15, 0.2) is 5.82 Å². The maximum absolute atomic E-state index is 12.8. The van der Waals surface area contributed by atoms with Crippen LogP contribution in [-0.2, 0) is 18.5 Å². The number of benzene rings is 2. The van der Waals surface area contributed by atoms with Crippen molar-refractivity contribution >= 4 is 11.8 Å².